The van der Waals surface area contributed by atoms with Gasteiger partial charge in [0.15, 0.2) is 5.78 Å². The zero-order chi connectivity index (χ0) is 13.7. The van der Waals surface area contributed by atoms with Crippen LogP contribution in [0.25, 0.3) is 0 Å². The maximum absolute atomic E-state index is 13.0. The number of ketones is 1. The average molecular weight is 259 g/mol. The van der Waals surface area contributed by atoms with E-state index in [9.17, 15) is 4.79 Å². The molecule has 0 bridgehead atoms. The van der Waals surface area contributed by atoms with Crippen LogP contribution in [0.4, 0.5) is 0 Å². The van der Waals surface area contributed by atoms with Gasteiger partial charge in [0.05, 0.1) is 5.54 Å². The molecule has 0 saturated heterocycles. The number of carbonyl (C=O) groups is 1. The summed E-state index contributed by atoms with van der Waals surface area (Å²) in [5.41, 5.74) is 0.625. The molecule has 0 N–H and O–H groups in total. The van der Waals surface area contributed by atoms with E-state index in [-0.39, 0.29) is 5.54 Å². The number of rotatable bonds is 5. The van der Waals surface area contributed by atoms with Crippen molar-refractivity contribution < 1.29 is 4.79 Å². The van der Waals surface area contributed by atoms with Crippen LogP contribution < -0.4 is 0 Å². The molecule has 0 amide bonds. The molecule has 1 aromatic carbocycles. The van der Waals surface area contributed by atoms with E-state index in [0.717, 1.165) is 31.5 Å². The first-order valence-electron chi connectivity index (χ1n) is 7.59. The number of hydrogen-bond donors (Lipinski definition) is 0. The standard InChI is InChI=1S/C17H25NO/c1-3-18(4-2)17(13-9-6-10-14-17)16(19)15-11-7-5-8-12-15/h5,7-8,11-12H,3-4,6,9-10,13-14H2,1-2H3. The molecule has 0 spiro atoms. The summed E-state index contributed by atoms with van der Waals surface area (Å²) >= 11 is 0. The fourth-order valence-electron chi connectivity index (χ4n) is 3.51. The van der Waals surface area contributed by atoms with Crippen molar-refractivity contribution in [3.05, 3.63) is 35.9 Å². The predicted octanol–water partition coefficient (Wildman–Crippen LogP) is 3.91. The summed E-state index contributed by atoms with van der Waals surface area (Å²) in [6.07, 6.45) is 5.65. The molecule has 0 atom stereocenters. The molecule has 1 fully saturated rings. The largest absolute Gasteiger partial charge is 0.292 e. The van der Waals surface area contributed by atoms with Crippen LogP contribution in [0, 0.1) is 0 Å². The maximum Gasteiger partial charge on any atom is 0.183 e. The molecule has 0 radical (unpaired) electrons. The molecule has 2 heteroatoms. The van der Waals surface area contributed by atoms with Crippen molar-refractivity contribution in [3.8, 4) is 0 Å². The van der Waals surface area contributed by atoms with E-state index in [4.69, 9.17) is 0 Å². The summed E-state index contributed by atoms with van der Waals surface area (Å²) in [7, 11) is 0. The third-order valence-electron chi connectivity index (χ3n) is 4.51. The molecule has 0 aliphatic heterocycles. The molecule has 1 aromatic rings. The molecule has 104 valence electrons. The smallest absolute Gasteiger partial charge is 0.183 e. The molecular formula is C17H25NO. The molecule has 0 heterocycles. The Kier molecular flexibility index (Phi) is 4.76. The zero-order valence-electron chi connectivity index (χ0n) is 12.2. The summed E-state index contributed by atoms with van der Waals surface area (Å²) in [6, 6.07) is 9.82. The lowest BCUT2D eigenvalue weighted by Crippen LogP contribution is -2.55. The molecule has 1 saturated carbocycles. The zero-order valence-corrected chi connectivity index (χ0v) is 12.2. The van der Waals surface area contributed by atoms with E-state index < -0.39 is 0 Å². The highest BCUT2D eigenvalue weighted by molar-refractivity contribution is 6.03. The van der Waals surface area contributed by atoms with E-state index >= 15 is 0 Å². The molecule has 2 rings (SSSR count). The molecule has 2 nitrogen and oxygen atoms in total. The Morgan fingerprint density at radius 3 is 2.16 bits per heavy atom. The minimum absolute atomic E-state index is 0.247. The first-order chi connectivity index (χ1) is 9.24. The van der Waals surface area contributed by atoms with Crippen LogP contribution >= 0.6 is 0 Å². The van der Waals surface area contributed by atoms with Crippen molar-refractivity contribution in [1.82, 2.24) is 4.90 Å². The summed E-state index contributed by atoms with van der Waals surface area (Å²) < 4.78 is 0. The van der Waals surface area contributed by atoms with Crippen molar-refractivity contribution in [1.29, 1.82) is 0 Å². The van der Waals surface area contributed by atoms with Gasteiger partial charge in [-0.25, -0.2) is 0 Å². The number of likely N-dealkylation sites (N-methyl/N-ethyl adjacent to an activating group) is 1. The monoisotopic (exact) mass is 259 g/mol. The van der Waals surface area contributed by atoms with Crippen LogP contribution in [0.3, 0.4) is 0 Å². The SMILES string of the molecule is CCN(CC)C1(C(=O)c2ccccc2)CCCCC1. The lowest BCUT2D eigenvalue weighted by molar-refractivity contribution is 0.0419. The maximum atomic E-state index is 13.0. The van der Waals surface area contributed by atoms with Crippen molar-refractivity contribution in [2.75, 3.05) is 13.1 Å². The van der Waals surface area contributed by atoms with Crippen molar-refractivity contribution in [2.45, 2.75) is 51.5 Å². The van der Waals surface area contributed by atoms with E-state index in [0.29, 0.717) is 5.78 Å². The third kappa shape index (κ3) is 2.74. The number of hydrogen-bond acceptors (Lipinski definition) is 2. The second-order valence-electron chi connectivity index (χ2n) is 5.46. The van der Waals surface area contributed by atoms with Gasteiger partial charge in [-0.3, -0.25) is 9.69 Å². The van der Waals surface area contributed by atoms with E-state index in [2.05, 4.69) is 18.7 Å². The number of Topliss-reactive ketones (excluding diaryl/α,β-unsaturated/α-hetero) is 1. The minimum Gasteiger partial charge on any atom is -0.292 e. The Morgan fingerprint density at radius 2 is 1.63 bits per heavy atom. The molecule has 0 aromatic heterocycles. The Morgan fingerprint density at radius 1 is 1.05 bits per heavy atom. The van der Waals surface area contributed by atoms with Crippen LogP contribution in [-0.4, -0.2) is 29.3 Å². The van der Waals surface area contributed by atoms with Gasteiger partial charge in [0, 0.05) is 5.56 Å². The molecule has 1 aliphatic rings. The molecule has 0 unspecified atom stereocenters. The Labute approximate surface area is 116 Å². The van der Waals surface area contributed by atoms with E-state index in [1.807, 2.05) is 30.3 Å². The van der Waals surface area contributed by atoms with E-state index in [1.54, 1.807) is 0 Å². The van der Waals surface area contributed by atoms with Crippen LogP contribution in [-0.2, 0) is 0 Å². The van der Waals surface area contributed by atoms with Crippen molar-refractivity contribution >= 4 is 5.78 Å². The molecular weight excluding hydrogens is 234 g/mol. The number of carbonyl (C=O) groups excluding carboxylic acids is 1. The summed E-state index contributed by atoms with van der Waals surface area (Å²) in [6.45, 7) is 6.24. The van der Waals surface area contributed by atoms with Gasteiger partial charge in [-0.05, 0) is 25.9 Å². The van der Waals surface area contributed by atoms with E-state index in [1.165, 1.54) is 19.3 Å². The fourth-order valence-corrected chi connectivity index (χ4v) is 3.51. The van der Waals surface area contributed by atoms with Crippen molar-refractivity contribution in [3.63, 3.8) is 0 Å². The lowest BCUT2D eigenvalue weighted by atomic mass is 9.75. The average Bonchev–Trinajstić information content (AvgIpc) is 2.49. The van der Waals surface area contributed by atoms with Gasteiger partial charge in [-0.1, -0.05) is 63.4 Å². The first kappa shape index (κ1) is 14.3. The molecule has 19 heavy (non-hydrogen) atoms. The topological polar surface area (TPSA) is 20.3 Å². The minimum atomic E-state index is -0.247. The third-order valence-corrected chi connectivity index (χ3v) is 4.51. The Bertz CT molecular complexity index is 403. The predicted molar refractivity (Wildman–Crippen MR) is 79.5 cm³/mol. The van der Waals surface area contributed by atoms with Gasteiger partial charge >= 0.3 is 0 Å². The highest BCUT2D eigenvalue weighted by Crippen LogP contribution is 2.36. The van der Waals surface area contributed by atoms with Crippen LogP contribution in [0.1, 0.15) is 56.3 Å². The first-order valence-corrected chi connectivity index (χ1v) is 7.59. The van der Waals surface area contributed by atoms with Gasteiger partial charge in [0.2, 0.25) is 0 Å². The van der Waals surface area contributed by atoms with Crippen LogP contribution in [0.15, 0.2) is 30.3 Å². The lowest BCUT2D eigenvalue weighted by Gasteiger charge is -2.44. The number of nitrogens with zero attached hydrogens (tertiary/aromatic N) is 1. The normalized spacial score (nSPS) is 18.5. The van der Waals surface area contributed by atoms with Gasteiger partial charge in [-0.15, -0.1) is 0 Å². The van der Waals surface area contributed by atoms with Crippen LogP contribution in [0.2, 0.25) is 0 Å². The summed E-state index contributed by atoms with van der Waals surface area (Å²) in [5.74, 6) is 0.330. The highest BCUT2D eigenvalue weighted by atomic mass is 16.1. The van der Waals surface area contributed by atoms with Crippen molar-refractivity contribution in [2.24, 2.45) is 0 Å². The number of benzene rings is 1. The second kappa shape index (κ2) is 6.33. The quantitative estimate of drug-likeness (QED) is 0.747. The Balaban J connectivity index is 2.34. The van der Waals surface area contributed by atoms with Gasteiger partial charge in [0.25, 0.3) is 0 Å². The van der Waals surface area contributed by atoms with Gasteiger partial charge < -0.3 is 0 Å². The highest BCUT2D eigenvalue weighted by Gasteiger charge is 2.43. The second-order valence-corrected chi connectivity index (χ2v) is 5.46. The van der Waals surface area contributed by atoms with Crippen LogP contribution in [0.5, 0.6) is 0 Å². The molecule has 1 aliphatic carbocycles. The fraction of sp³-hybridized carbons (Fsp3) is 0.588. The van der Waals surface area contributed by atoms with Gasteiger partial charge in [-0.2, -0.15) is 0 Å². The Hall–Kier alpha value is -1.15. The summed E-state index contributed by atoms with van der Waals surface area (Å²) in [4.78, 5) is 15.4. The van der Waals surface area contributed by atoms with Gasteiger partial charge in [0.1, 0.15) is 0 Å². The summed E-state index contributed by atoms with van der Waals surface area (Å²) in [5, 5.41) is 0.